The fourth-order valence-electron chi connectivity index (χ4n) is 3.84. The van der Waals surface area contributed by atoms with Crippen molar-refractivity contribution in [3.05, 3.63) is 65.6 Å². The first-order valence-electron chi connectivity index (χ1n) is 10.4. The number of hydrogen-bond donors (Lipinski definition) is 3. The zero-order chi connectivity index (χ0) is 20.8. The summed E-state index contributed by atoms with van der Waals surface area (Å²) in [5.74, 6) is 2.29. The molecule has 0 saturated heterocycles. The maximum atomic E-state index is 6.47. The topological polar surface area (TPSA) is 88.8 Å². The van der Waals surface area contributed by atoms with Gasteiger partial charge in [-0.05, 0) is 74.0 Å². The Hall–Kier alpha value is -2.70. The largest absolute Gasteiger partial charge is 0.367 e. The van der Waals surface area contributed by atoms with Crippen LogP contribution in [-0.2, 0) is 6.54 Å². The van der Waals surface area contributed by atoms with Crippen LogP contribution in [0.4, 0.5) is 11.6 Å². The van der Waals surface area contributed by atoms with Gasteiger partial charge in [0.25, 0.3) is 0 Å². The van der Waals surface area contributed by atoms with Crippen LogP contribution in [0.1, 0.15) is 31.2 Å². The molecule has 1 aliphatic rings. The first kappa shape index (κ1) is 20.6. The smallest absolute Gasteiger partial charge is 0.126 e. The molecule has 0 bridgehead atoms. The van der Waals surface area contributed by atoms with Gasteiger partial charge in [0, 0.05) is 36.7 Å². The molecular formula is C23H27ClN6. The second-order valence-electron chi connectivity index (χ2n) is 7.76. The summed E-state index contributed by atoms with van der Waals surface area (Å²) in [5, 5.41) is 7.51. The van der Waals surface area contributed by atoms with Crippen molar-refractivity contribution in [1.29, 1.82) is 0 Å². The third kappa shape index (κ3) is 5.26. The van der Waals surface area contributed by atoms with Crippen molar-refractivity contribution < 1.29 is 0 Å². The van der Waals surface area contributed by atoms with E-state index in [-0.39, 0.29) is 0 Å². The molecule has 7 heteroatoms. The van der Waals surface area contributed by atoms with Crippen LogP contribution >= 0.6 is 11.6 Å². The number of nitrogens with zero attached hydrogens (tertiary/aromatic N) is 3. The fraction of sp³-hybridized carbons (Fsp3) is 0.348. The minimum Gasteiger partial charge on any atom is -0.367 e. The average Bonchev–Trinajstić information content (AvgIpc) is 2.80. The van der Waals surface area contributed by atoms with Crippen LogP contribution in [0.5, 0.6) is 0 Å². The number of hydrogen-bond acceptors (Lipinski definition) is 6. The van der Waals surface area contributed by atoms with E-state index in [2.05, 4.69) is 20.6 Å². The Balaban J connectivity index is 1.46. The summed E-state index contributed by atoms with van der Waals surface area (Å²) in [4.78, 5) is 13.3. The normalized spacial score (nSPS) is 18.7. The summed E-state index contributed by atoms with van der Waals surface area (Å²) in [5.41, 5.74) is 8.64. The highest BCUT2D eigenvalue weighted by atomic mass is 35.5. The lowest BCUT2D eigenvalue weighted by Crippen LogP contribution is -2.29. The summed E-state index contributed by atoms with van der Waals surface area (Å²) in [7, 11) is 0. The number of nitrogens with two attached hydrogens (primary N) is 1. The molecule has 0 atom stereocenters. The van der Waals surface area contributed by atoms with Gasteiger partial charge in [0.15, 0.2) is 0 Å². The molecule has 0 unspecified atom stereocenters. The van der Waals surface area contributed by atoms with E-state index in [1.165, 1.54) is 12.8 Å². The minimum atomic E-state index is 0.427. The molecule has 3 aromatic heterocycles. The Labute approximate surface area is 182 Å². The maximum Gasteiger partial charge on any atom is 0.126 e. The van der Waals surface area contributed by atoms with E-state index in [9.17, 15) is 0 Å². The monoisotopic (exact) mass is 422 g/mol. The molecule has 0 spiro atoms. The highest BCUT2D eigenvalue weighted by molar-refractivity contribution is 6.33. The van der Waals surface area contributed by atoms with E-state index in [0.717, 1.165) is 47.8 Å². The van der Waals surface area contributed by atoms with Crippen molar-refractivity contribution in [3.63, 3.8) is 0 Å². The van der Waals surface area contributed by atoms with Crippen LogP contribution in [0.25, 0.3) is 11.3 Å². The van der Waals surface area contributed by atoms with Crippen molar-refractivity contribution in [1.82, 2.24) is 15.0 Å². The molecule has 0 radical (unpaired) electrons. The van der Waals surface area contributed by atoms with Gasteiger partial charge in [0.2, 0.25) is 0 Å². The van der Waals surface area contributed by atoms with Gasteiger partial charge in [0.05, 0.1) is 10.7 Å². The molecule has 1 fully saturated rings. The number of halogens is 1. The average molecular weight is 423 g/mol. The molecule has 0 aromatic carbocycles. The Morgan fingerprint density at radius 2 is 1.83 bits per heavy atom. The Morgan fingerprint density at radius 3 is 2.60 bits per heavy atom. The first-order chi connectivity index (χ1) is 14.7. The predicted molar refractivity (Wildman–Crippen MR) is 122 cm³/mol. The van der Waals surface area contributed by atoms with Gasteiger partial charge in [-0.25, -0.2) is 9.97 Å². The van der Waals surface area contributed by atoms with E-state index in [4.69, 9.17) is 22.3 Å². The van der Waals surface area contributed by atoms with Crippen LogP contribution in [0.15, 0.2) is 55.0 Å². The van der Waals surface area contributed by atoms with Gasteiger partial charge in [-0.3, -0.25) is 4.98 Å². The Kier molecular flexibility index (Phi) is 6.77. The van der Waals surface area contributed by atoms with E-state index in [1.54, 1.807) is 18.6 Å². The van der Waals surface area contributed by atoms with Crippen molar-refractivity contribution >= 4 is 23.2 Å². The first-order valence-corrected chi connectivity index (χ1v) is 10.8. The van der Waals surface area contributed by atoms with Gasteiger partial charge < -0.3 is 16.4 Å². The molecule has 6 nitrogen and oxygen atoms in total. The summed E-state index contributed by atoms with van der Waals surface area (Å²) < 4.78 is 0. The van der Waals surface area contributed by atoms with E-state index in [0.29, 0.717) is 23.5 Å². The molecule has 0 amide bonds. The highest BCUT2D eigenvalue weighted by Crippen LogP contribution is 2.31. The van der Waals surface area contributed by atoms with Gasteiger partial charge in [-0.1, -0.05) is 17.7 Å². The Morgan fingerprint density at radius 1 is 1.03 bits per heavy atom. The van der Waals surface area contributed by atoms with Crippen molar-refractivity contribution in [3.8, 4) is 11.3 Å². The van der Waals surface area contributed by atoms with Crippen molar-refractivity contribution in [2.24, 2.45) is 11.7 Å². The second-order valence-corrected chi connectivity index (χ2v) is 8.17. The van der Waals surface area contributed by atoms with Crippen LogP contribution in [0.3, 0.4) is 0 Å². The molecule has 3 heterocycles. The Bertz CT molecular complexity index is 957. The van der Waals surface area contributed by atoms with Crippen LogP contribution in [0.2, 0.25) is 5.02 Å². The summed E-state index contributed by atoms with van der Waals surface area (Å²) in [6.45, 7) is 1.47. The number of aromatic nitrogens is 3. The van der Waals surface area contributed by atoms with Crippen LogP contribution in [0, 0.1) is 5.92 Å². The van der Waals surface area contributed by atoms with Gasteiger partial charge in [0.1, 0.15) is 11.6 Å². The van der Waals surface area contributed by atoms with Crippen molar-refractivity contribution in [2.75, 3.05) is 17.2 Å². The van der Waals surface area contributed by atoms with E-state index in [1.807, 2.05) is 36.4 Å². The molecule has 3 aromatic rings. The van der Waals surface area contributed by atoms with Gasteiger partial charge in [-0.2, -0.15) is 0 Å². The third-order valence-electron chi connectivity index (χ3n) is 5.64. The number of rotatable bonds is 7. The molecule has 4 rings (SSSR count). The van der Waals surface area contributed by atoms with Crippen LogP contribution < -0.4 is 16.4 Å². The summed E-state index contributed by atoms with van der Waals surface area (Å²) in [6, 6.07) is 12.3. The van der Waals surface area contributed by atoms with Crippen LogP contribution in [-0.4, -0.2) is 27.5 Å². The van der Waals surface area contributed by atoms with E-state index < -0.39 is 0 Å². The number of pyridine rings is 3. The van der Waals surface area contributed by atoms with E-state index >= 15 is 0 Å². The molecule has 156 valence electrons. The lowest BCUT2D eigenvalue weighted by molar-refractivity contribution is 0.344. The highest BCUT2D eigenvalue weighted by Gasteiger charge is 2.20. The number of nitrogens with one attached hydrogen (secondary N) is 2. The SMILES string of the molecule is NC[C@H]1CC[C@H](Nc2cc(-c3cccc(NCc4ccncc4)n3)c(Cl)cn2)CC1. The minimum absolute atomic E-state index is 0.427. The number of anilines is 2. The van der Waals surface area contributed by atoms with Gasteiger partial charge in [-0.15, -0.1) is 0 Å². The third-order valence-corrected chi connectivity index (χ3v) is 5.94. The second kappa shape index (κ2) is 9.87. The molecular weight excluding hydrogens is 396 g/mol. The molecule has 1 saturated carbocycles. The molecule has 4 N–H and O–H groups in total. The zero-order valence-corrected chi connectivity index (χ0v) is 17.6. The maximum absolute atomic E-state index is 6.47. The molecule has 30 heavy (non-hydrogen) atoms. The standard InChI is InChI=1S/C23H27ClN6/c24-20-15-28-23(29-18-6-4-16(13-25)5-7-18)12-19(20)21-2-1-3-22(30-21)27-14-17-8-10-26-11-9-17/h1-3,8-12,15-16,18H,4-7,13-14,25H2,(H,27,30)(H,28,29)/t16-,18-. The summed E-state index contributed by atoms with van der Waals surface area (Å²) in [6.07, 6.45) is 9.85. The quantitative estimate of drug-likeness (QED) is 0.510. The van der Waals surface area contributed by atoms with Gasteiger partial charge >= 0.3 is 0 Å². The zero-order valence-electron chi connectivity index (χ0n) is 16.9. The fourth-order valence-corrected chi connectivity index (χ4v) is 4.04. The molecule has 1 aliphatic carbocycles. The van der Waals surface area contributed by atoms with Crippen molar-refractivity contribution in [2.45, 2.75) is 38.3 Å². The lowest BCUT2D eigenvalue weighted by atomic mass is 9.86. The summed E-state index contributed by atoms with van der Waals surface area (Å²) >= 11 is 6.47. The lowest BCUT2D eigenvalue weighted by Gasteiger charge is -2.28. The predicted octanol–water partition coefficient (Wildman–Crippen LogP) is 4.73. The molecule has 0 aliphatic heterocycles.